The maximum Gasteiger partial charge on any atom is 0.227 e. The average molecular weight is 373 g/mol. The summed E-state index contributed by atoms with van der Waals surface area (Å²) in [7, 11) is 0. The van der Waals surface area contributed by atoms with Crippen molar-refractivity contribution in [1.29, 1.82) is 0 Å². The summed E-state index contributed by atoms with van der Waals surface area (Å²) < 4.78 is 26.2. The van der Waals surface area contributed by atoms with Crippen LogP contribution in [-0.2, 0) is 0 Å². The fourth-order valence-corrected chi connectivity index (χ4v) is 3.81. The van der Waals surface area contributed by atoms with E-state index in [1.807, 2.05) is 48.5 Å². The van der Waals surface area contributed by atoms with Gasteiger partial charge in [-0.25, -0.2) is 9.37 Å². The van der Waals surface area contributed by atoms with Crippen LogP contribution in [0, 0.1) is 5.82 Å². The molecule has 1 saturated carbocycles. The van der Waals surface area contributed by atoms with Gasteiger partial charge in [0.15, 0.2) is 5.58 Å². The van der Waals surface area contributed by atoms with Crippen LogP contribution in [0.2, 0.25) is 0 Å². The van der Waals surface area contributed by atoms with Gasteiger partial charge < -0.3 is 9.15 Å². The highest BCUT2D eigenvalue weighted by molar-refractivity contribution is 5.82. The van der Waals surface area contributed by atoms with Gasteiger partial charge in [-0.05, 0) is 67.6 Å². The Morgan fingerprint density at radius 2 is 1.75 bits per heavy atom. The molecule has 4 heteroatoms. The molecule has 4 aromatic rings. The van der Waals surface area contributed by atoms with E-state index >= 15 is 0 Å². The second-order valence-electron chi connectivity index (χ2n) is 7.23. The molecule has 0 unspecified atom stereocenters. The molecule has 0 bridgehead atoms. The molecule has 140 valence electrons. The Balaban J connectivity index is 1.47. The number of nitrogens with zero attached hydrogens (tertiary/aromatic N) is 1. The van der Waals surface area contributed by atoms with Crippen molar-refractivity contribution in [3.8, 4) is 28.3 Å². The first-order valence-electron chi connectivity index (χ1n) is 9.69. The molecule has 5 rings (SSSR count). The Labute approximate surface area is 162 Å². The van der Waals surface area contributed by atoms with Crippen molar-refractivity contribution >= 4 is 11.1 Å². The van der Waals surface area contributed by atoms with Crippen LogP contribution in [0.25, 0.3) is 33.7 Å². The molecule has 0 N–H and O–H groups in total. The van der Waals surface area contributed by atoms with Crippen LogP contribution in [0.3, 0.4) is 0 Å². The number of rotatable bonds is 4. The monoisotopic (exact) mass is 373 g/mol. The minimum Gasteiger partial charge on any atom is -0.490 e. The largest absolute Gasteiger partial charge is 0.490 e. The smallest absolute Gasteiger partial charge is 0.227 e. The fourth-order valence-electron chi connectivity index (χ4n) is 3.81. The Hall–Kier alpha value is -3.14. The van der Waals surface area contributed by atoms with Crippen molar-refractivity contribution < 1.29 is 13.5 Å². The molecule has 0 spiro atoms. The molecular formula is C24H20FNO2. The van der Waals surface area contributed by atoms with Crippen LogP contribution in [0.5, 0.6) is 5.75 Å². The lowest BCUT2D eigenvalue weighted by Gasteiger charge is -2.13. The predicted molar refractivity (Wildman–Crippen MR) is 108 cm³/mol. The second kappa shape index (κ2) is 7.12. The van der Waals surface area contributed by atoms with Crippen LogP contribution < -0.4 is 4.74 Å². The van der Waals surface area contributed by atoms with E-state index in [1.165, 1.54) is 18.9 Å². The first-order chi connectivity index (χ1) is 13.8. The molecule has 1 heterocycles. The first-order valence-corrected chi connectivity index (χ1v) is 9.69. The molecule has 1 aliphatic rings. The third-order valence-electron chi connectivity index (χ3n) is 5.26. The topological polar surface area (TPSA) is 35.3 Å². The van der Waals surface area contributed by atoms with Gasteiger partial charge in [-0.2, -0.15) is 0 Å². The lowest BCUT2D eigenvalue weighted by Crippen LogP contribution is -2.10. The van der Waals surface area contributed by atoms with Crippen LogP contribution in [-0.4, -0.2) is 11.1 Å². The SMILES string of the molecule is Fc1ccccc1-c1ccc2nc(-c3cccc(OC4CCCC4)c3)oc2c1. The van der Waals surface area contributed by atoms with E-state index in [0.29, 0.717) is 23.1 Å². The highest BCUT2D eigenvalue weighted by Crippen LogP contribution is 2.32. The van der Waals surface area contributed by atoms with E-state index in [0.717, 1.165) is 35.2 Å². The van der Waals surface area contributed by atoms with Gasteiger partial charge >= 0.3 is 0 Å². The summed E-state index contributed by atoms with van der Waals surface area (Å²) in [6.07, 6.45) is 5.01. The van der Waals surface area contributed by atoms with Crippen LogP contribution in [0.4, 0.5) is 4.39 Å². The van der Waals surface area contributed by atoms with Crippen molar-refractivity contribution in [3.63, 3.8) is 0 Å². The van der Waals surface area contributed by atoms with E-state index < -0.39 is 0 Å². The zero-order valence-corrected chi connectivity index (χ0v) is 15.4. The van der Waals surface area contributed by atoms with E-state index in [2.05, 4.69) is 4.98 Å². The molecule has 0 atom stereocenters. The maximum absolute atomic E-state index is 14.1. The van der Waals surface area contributed by atoms with Crippen molar-refractivity contribution in [2.45, 2.75) is 31.8 Å². The van der Waals surface area contributed by atoms with Crippen molar-refractivity contribution in [1.82, 2.24) is 4.98 Å². The van der Waals surface area contributed by atoms with Gasteiger partial charge in [0.1, 0.15) is 17.1 Å². The van der Waals surface area contributed by atoms with E-state index in [9.17, 15) is 4.39 Å². The number of hydrogen-bond acceptors (Lipinski definition) is 3. The quantitative estimate of drug-likeness (QED) is 0.403. The number of halogens is 1. The van der Waals surface area contributed by atoms with E-state index in [1.54, 1.807) is 12.1 Å². The summed E-state index contributed by atoms with van der Waals surface area (Å²) >= 11 is 0. The summed E-state index contributed by atoms with van der Waals surface area (Å²) in [5.74, 6) is 1.13. The second-order valence-corrected chi connectivity index (χ2v) is 7.23. The molecular weight excluding hydrogens is 353 g/mol. The van der Waals surface area contributed by atoms with Gasteiger partial charge in [0.2, 0.25) is 5.89 Å². The molecule has 1 fully saturated rings. The van der Waals surface area contributed by atoms with Gasteiger partial charge in [-0.15, -0.1) is 0 Å². The Bertz CT molecular complexity index is 1130. The molecule has 1 aliphatic carbocycles. The summed E-state index contributed by atoms with van der Waals surface area (Å²) in [4.78, 5) is 4.60. The van der Waals surface area contributed by atoms with Gasteiger partial charge in [0.25, 0.3) is 0 Å². The minimum atomic E-state index is -0.252. The molecule has 0 radical (unpaired) electrons. The highest BCUT2D eigenvalue weighted by Gasteiger charge is 2.17. The minimum absolute atomic E-state index is 0.252. The van der Waals surface area contributed by atoms with Crippen LogP contribution in [0.15, 0.2) is 71.1 Å². The Morgan fingerprint density at radius 3 is 2.61 bits per heavy atom. The summed E-state index contributed by atoms with van der Waals surface area (Å²) in [5, 5.41) is 0. The number of fused-ring (bicyclic) bond motifs is 1. The van der Waals surface area contributed by atoms with E-state index in [-0.39, 0.29) is 5.82 Å². The van der Waals surface area contributed by atoms with E-state index in [4.69, 9.17) is 9.15 Å². The fraction of sp³-hybridized carbons (Fsp3) is 0.208. The van der Waals surface area contributed by atoms with Crippen molar-refractivity contribution in [2.75, 3.05) is 0 Å². The maximum atomic E-state index is 14.1. The average Bonchev–Trinajstić information content (AvgIpc) is 3.37. The van der Waals surface area contributed by atoms with Gasteiger partial charge in [0.05, 0.1) is 6.10 Å². The van der Waals surface area contributed by atoms with Gasteiger partial charge in [0, 0.05) is 11.1 Å². The normalized spacial score (nSPS) is 14.6. The predicted octanol–water partition coefficient (Wildman–Crippen LogP) is 6.62. The highest BCUT2D eigenvalue weighted by atomic mass is 19.1. The molecule has 0 saturated heterocycles. The summed E-state index contributed by atoms with van der Waals surface area (Å²) in [6.45, 7) is 0. The molecule has 3 nitrogen and oxygen atoms in total. The molecule has 28 heavy (non-hydrogen) atoms. The third-order valence-corrected chi connectivity index (χ3v) is 5.26. The van der Waals surface area contributed by atoms with Crippen molar-refractivity contribution in [3.05, 3.63) is 72.5 Å². The van der Waals surface area contributed by atoms with Gasteiger partial charge in [-0.1, -0.05) is 30.3 Å². The molecule has 0 aliphatic heterocycles. The number of aromatic nitrogens is 1. The Kier molecular flexibility index (Phi) is 4.32. The molecule has 0 amide bonds. The zero-order valence-electron chi connectivity index (χ0n) is 15.4. The molecule has 3 aromatic carbocycles. The number of hydrogen-bond donors (Lipinski definition) is 0. The lowest BCUT2D eigenvalue weighted by molar-refractivity contribution is 0.210. The lowest BCUT2D eigenvalue weighted by atomic mass is 10.1. The zero-order chi connectivity index (χ0) is 18.9. The number of benzene rings is 3. The Morgan fingerprint density at radius 1 is 0.893 bits per heavy atom. The first kappa shape index (κ1) is 17.0. The van der Waals surface area contributed by atoms with Crippen molar-refractivity contribution in [2.24, 2.45) is 0 Å². The number of oxazole rings is 1. The number of ether oxygens (including phenoxy) is 1. The van der Waals surface area contributed by atoms with Crippen LogP contribution >= 0.6 is 0 Å². The van der Waals surface area contributed by atoms with Gasteiger partial charge in [-0.3, -0.25) is 0 Å². The summed E-state index contributed by atoms with van der Waals surface area (Å²) in [5.41, 5.74) is 3.58. The standard InChI is InChI=1S/C24H20FNO2/c25-21-11-4-3-10-20(21)16-12-13-22-23(15-16)28-24(26-22)17-6-5-9-19(14-17)27-18-7-1-2-8-18/h3-6,9-15,18H,1-2,7-8H2. The van der Waals surface area contributed by atoms with Crippen LogP contribution in [0.1, 0.15) is 25.7 Å². The molecule has 1 aromatic heterocycles. The third kappa shape index (κ3) is 3.26. The summed E-state index contributed by atoms with van der Waals surface area (Å²) in [6, 6.07) is 20.2.